The Hall–Kier alpha value is -3.58. The average molecular weight is 448 g/mol. The largest absolute Gasteiger partial charge is 0.436 e. The Kier molecular flexibility index (Phi) is 5.31. The van der Waals surface area contributed by atoms with Crippen LogP contribution in [0.15, 0.2) is 86.7 Å². The number of benzene rings is 3. The van der Waals surface area contributed by atoms with Gasteiger partial charge in [-0.1, -0.05) is 40.2 Å². The highest BCUT2D eigenvalue weighted by Crippen LogP contribution is 2.28. The summed E-state index contributed by atoms with van der Waals surface area (Å²) in [6.45, 7) is 0. The third kappa shape index (κ3) is 4.47. The van der Waals surface area contributed by atoms with E-state index >= 15 is 0 Å². The Morgan fingerprint density at radius 2 is 1.93 bits per heavy atom. The number of oxazole rings is 1. The van der Waals surface area contributed by atoms with E-state index in [1.165, 1.54) is 12.1 Å². The summed E-state index contributed by atoms with van der Waals surface area (Å²) >= 11 is 3.45. The van der Waals surface area contributed by atoms with Gasteiger partial charge in [-0.25, -0.2) is 4.98 Å². The summed E-state index contributed by atoms with van der Waals surface area (Å²) in [5.74, 6) is 0.549. The van der Waals surface area contributed by atoms with E-state index < -0.39 is 4.92 Å². The molecule has 0 bridgehead atoms. The molecule has 0 saturated carbocycles. The molecular weight excluding hydrogens is 434 g/mol. The fourth-order valence-corrected chi connectivity index (χ4v) is 3.17. The second-order valence-electron chi connectivity index (χ2n) is 6.17. The van der Waals surface area contributed by atoms with Gasteiger partial charge in [0.25, 0.3) is 5.69 Å². The van der Waals surface area contributed by atoms with Crippen LogP contribution in [0.25, 0.3) is 28.6 Å². The van der Waals surface area contributed by atoms with Crippen LogP contribution in [-0.4, -0.2) is 16.1 Å². The number of hydrogen-bond acceptors (Lipinski definition) is 5. The number of nitrogens with zero attached hydrogens (tertiary/aromatic N) is 3. The molecule has 3 aromatic carbocycles. The molecule has 0 atom stereocenters. The van der Waals surface area contributed by atoms with Crippen molar-refractivity contribution in [2.24, 2.45) is 4.99 Å². The van der Waals surface area contributed by atoms with Gasteiger partial charge in [-0.3, -0.25) is 15.1 Å². The standard InChI is InChI=1S/C22H14BrN3O3/c23-17-7-2-6-16(13-17)22-25-20-14-18(9-10-21(20)29-22)24-11-3-5-15-4-1-8-19(12-15)26(27)28/h1-14H/b5-3-,24-11?. The van der Waals surface area contributed by atoms with E-state index in [4.69, 9.17) is 4.42 Å². The van der Waals surface area contributed by atoms with E-state index in [0.717, 1.165) is 26.8 Å². The van der Waals surface area contributed by atoms with Crippen LogP contribution in [0.3, 0.4) is 0 Å². The van der Waals surface area contributed by atoms with Gasteiger partial charge in [0.1, 0.15) is 5.52 Å². The average Bonchev–Trinajstić information content (AvgIpc) is 3.15. The van der Waals surface area contributed by atoms with Gasteiger partial charge in [-0.05, 0) is 48.0 Å². The minimum atomic E-state index is -0.416. The molecule has 29 heavy (non-hydrogen) atoms. The molecule has 0 aliphatic rings. The number of allylic oxidation sites excluding steroid dienone is 1. The van der Waals surface area contributed by atoms with E-state index in [0.29, 0.717) is 11.5 Å². The van der Waals surface area contributed by atoms with Crippen LogP contribution in [0.1, 0.15) is 5.56 Å². The van der Waals surface area contributed by atoms with Gasteiger partial charge in [0, 0.05) is 28.4 Å². The van der Waals surface area contributed by atoms with Crippen LogP contribution in [-0.2, 0) is 0 Å². The Morgan fingerprint density at radius 3 is 2.76 bits per heavy atom. The summed E-state index contributed by atoms with van der Waals surface area (Å²) in [7, 11) is 0. The highest BCUT2D eigenvalue weighted by molar-refractivity contribution is 9.10. The summed E-state index contributed by atoms with van der Waals surface area (Å²) in [4.78, 5) is 19.3. The third-order valence-corrected chi connectivity index (χ3v) is 4.62. The summed E-state index contributed by atoms with van der Waals surface area (Å²) < 4.78 is 6.78. The number of hydrogen-bond donors (Lipinski definition) is 0. The van der Waals surface area contributed by atoms with Gasteiger partial charge in [0.15, 0.2) is 5.58 Å². The second kappa shape index (κ2) is 8.20. The Labute approximate surface area is 174 Å². The molecule has 1 aromatic heterocycles. The van der Waals surface area contributed by atoms with E-state index in [1.807, 2.05) is 42.5 Å². The molecule has 1 heterocycles. The van der Waals surface area contributed by atoms with Crippen molar-refractivity contribution in [1.82, 2.24) is 4.98 Å². The molecule has 0 aliphatic carbocycles. The van der Waals surface area contributed by atoms with E-state index in [-0.39, 0.29) is 5.69 Å². The molecule has 0 spiro atoms. The highest BCUT2D eigenvalue weighted by Gasteiger charge is 2.09. The van der Waals surface area contributed by atoms with Crippen LogP contribution in [0, 0.1) is 10.1 Å². The zero-order valence-corrected chi connectivity index (χ0v) is 16.6. The number of aliphatic imine (C=N–C) groups is 1. The van der Waals surface area contributed by atoms with Crippen LogP contribution in [0.4, 0.5) is 11.4 Å². The minimum absolute atomic E-state index is 0.0572. The van der Waals surface area contributed by atoms with Crippen molar-refractivity contribution in [1.29, 1.82) is 0 Å². The number of rotatable bonds is 5. The highest BCUT2D eigenvalue weighted by atomic mass is 79.9. The van der Waals surface area contributed by atoms with Crippen LogP contribution < -0.4 is 0 Å². The van der Waals surface area contributed by atoms with Crippen molar-refractivity contribution in [3.8, 4) is 11.5 Å². The maximum absolute atomic E-state index is 10.8. The molecule has 0 aliphatic heterocycles. The van der Waals surface area contributed by atoms with E-state index in [9.17, 15) is 10.1 Å². The zero-order valence-electron chi connectivity index (χ0n) is 15.0. The smallest absolute Gasteiger partial charge is 0.270 e. The summed E-state index contributed by atoms with van der Waals surface area (Å²) in [5.41, 5.74) is 3.82. The number of nitro benzene ring substituents is 1. The lowest BCUT2D eigenvalue weighted by Crippen LogP contribution is -1.87. The van der Waals surface area contributed by atoms with Gasteiger partial charge < -0.3 is 4.42 Å². The lowest BCUT2D eigenvalue weighted by molar-refractivity contribution is -0.384. The van der Waals surface area contributed by atoms with Crippen molar-refractivity contribution in [3.05, 3.63) is 93.0 Å². The van der Waals surface area contributed by atoms with Gasteiger partial charge in [0.05, 0.1) is 10.6 Å². The molecule has 0 unspecified atom stereocenters. The monoisotopic (exact) mass is 447 g/mol. The van der Waals surface area contributed by atoms with E-state index in [2.05, 4.69) is 25.9 Å². The first-order valence-electron chi connectivity index (χ1n) is 8.70. The zero-order chi connectivity index (χ0) is 20.2. The predicted molar refractivity (Wildman–Crippen MR) is 117 cm³/mol. The summed E-state index contributed by atoms with van der Waals surface area (Å²) in [5, 5.41) is 10.8. The molecular formula is C22H14BrN3O3. The number of fused-ring (bicyclic) bond motifs is 1. The molecule has 4 rings (SSSR count). The molecule has 0 radical (unpaired) electrons. The lowest BCUT2D eigenvalue weighted by Gasteiger charge is -1.94. The van der Waals surface area contributed by atoms with Gasteiger partial charge in [-0.2, -0.15) is 0 Å². The Balaban J connectivity index is 1.52. The molecule has 0 saturated heterocycles. The van der Waals surface area contributed by atoms with Gasteiger partial charge >= 0.3 is 0 Å². The first kappa shape index (κ1) is 18.8. The molecule has 142 valence electrons. The minimum Gasteiger partial charge on any atom is -0.436 e. The second-order valence-corrected chi connectivity index (χ2v) is 7.09. The quantitative estimate of drug-likeness (QED) is 0.196. The van der Waals surface area contributed by atoms with Crippen LogP contribution in [0.5, 0.6) is 0 Å². The number of nitro groups is 1. The third-order valence-electron chi connectivity index (χ3n) is 4.12. The Bertz CT molecular complexity index is 1260. The summed E-state index contributed by atoms with van der Waals surface area (Å²) in [6, 6.07) is 19.7. The molecule has 0 amide bonds. The first-order valence-corrected chi connectivity index (χ1v) is 9.49. The van der Waals surface area contributed by atoms with E-state index in [1.54, 1.807) is 30.5 Å². The summed E-state index contributed by atoms with van der Waals surface area (Å²) in [6.07, 6.45) is 5.13. The number of aromatic nitrogens is 1. The fraction of sp³-hybridized carbons (Fsp3) is 0. The van der Waals surface area contributed by atoms with Crippen molar-refractivity contribution < 1.29 is 9.34 Å². The van der Waals surface area contributed by atoms with Crippen molar-refractivity contribution in [2.45, 2.75) is 0 Å². The molecule has 6 nitrogen and oxygen atoms in total. The lowest BCUT2D eigenvalue weighted by atomic mass is 10.2. The first-order chi connectivity index (χ1) is 14.1. The van der Waals surface area contributed by atoms with Gasteiger partial charge in [-0.15, -0.1) is 0 Å². The van der Waals surface area contributed by atoms with Crippen molar-refractivity contribution in [2.75, 3.05) is 0 Å². The topological polar surface area (TPSA) is 81.5 Å². The fourth-order valence-electron chi connectivity index (χ4n) is 2.77. The Morgan fingerprint density at radius 1 is 1.07 bits per heavy atom. The normalized spacial score (nSPS) is 11.6. The molecule has 0 fully saturated rings. The van der Waals surface area contributed by atoms with Gasteiger partial charge in [0.2, 0.25) is 5.89 Å². The van der Waals surface area contributed by atoms with Crippen LogP contribution in [0.2, 0.25) is 0 Å². The molecule has 7 heteroatoms. The van der Waals surface area contributed by atoms with Crippen molar-refractivity contribution in [3.63, 3.8) is 0 Å². The van der Waals surface area contributed by atoms with Crippen molar-refractivity contribution >= 4 is 50.7 Å². The van der Waals surface area contributed by atoms with Crippen LogP contribution >= 0.6 is 15.9 Å². The maximum atomic E-state index is 10.8. The maximum Gasteiger partial charge on any atom is 0.270 e. The number of non-ortho nitro benzene ring substituents is 1. The molecule has 4 aromatic rings. The predicted octanol–water partition coefficient (Wildman–Crippen LogP) is 6.58. The molecule has 0 N–H and O–H groups in total. The SMILES string of the molecule is O=[N+]([O-])c1cccc(/C=C\C=Nc2ccc3oc(-c4cccc(Br)c4)nc3c2)c1. The number of halogens is 1.